The van der Waals surface area contributed by atoms with Crippen LogP contribution in [-0.2, 0) is 6.42 Å². The van der Waals surface area contributed by atoms with Crippen LogP contribution in [0.1, 0.15) is 15.9 Å². The monoisotopic (exact) mass is 348 g/mol. The first-order valence-electron chi connectivity index (χ1n) is 6.51. The highest BCUT2D eigenvalue weighted by atomic mass is 79.9. The predicted octanol–water partition coefficient (Wildman–Crippen LogP) is 2.96. The molecule has 0 saturated carbocycles. The van der Waals surface area contributed by atoms with E-state index in [2.05, 4.69) is 26.2 Å². The van der Waals surface area contributed by atoms with Gasteiger partial charge in [-0.15, -0.1) is 0 Å². The summed E-state index contributed by atoms with van der Waals surface area (Å²) in [6.07, 6.45) is 2.36. The summed E-state index contributed by atoms with van der Waals surface area (Å²) in [5.41, 5.74) is 1.31. The summed E-state index contributed by atoms with van der Waals surface area (Å²) in [4.78, 5) is 15.3. The van der Waals surface area contributed by atoms with Crippen molar-refractivity contribution in [2.75, 3.05) is 11.9 Å². The van der Waals surface area contributed by atoms with Crippen molar-refractivity contribution in [3.05, 3.63) is 52.1 Å². The van der Waals surface area contributed by atoms with Crippen molar-refractivity contribution >= 4 is 27.7 Å². The van der Waals surface area contributed by atoms with Crippen molar-refractivity contribution in [2.24, 2.45) is 0 Å². The van der Waals surface area contributed by atoms with E-state index in [-0.39, 0.29) is 11.7 Å². The third kappa shape index (κ3) is 3.00. The summed E-state index contributed by atoms with van der Waals surface area (Å²) in [5.74, 6) is 0.235. The van der Waals surface area contributed by atoms with Crippen LogP contribution in [0.25, 0.3) is 0 Å². The lowest BCUT2D eigenvalue weighted by Crippen LogP contribution is -2.25. The average Bonchev–Trinajstić information content (AvgIpc) is 2.88. The number of carboxylic acid groups (broad SMARTS) is 1. The maximum Gasteiger partial charge on any atom is 0.339 e. The second-order valence-corrected chi connectivity index (χ2v) is 5.70. The minimum Gasteiger partial charge on any atom is -0.488 e. The van der Waals surface area contributed by atoms with E-state index >= 15 is 0 Å². The maximum absolute atomic E-state index is 11.2. The van der Waals surface area contributed by atoms with Crippen LogP contribution >= 0.6 is 15.9 Å². The van der Waals surface area contributed by atoms with Gasteiger partial charge in [0.15, 0.2) is 0 Å². The van der Waals surface area contributed by atoms with Crippen LogP contribution < -0.4 is 10.1 Å². The molecule has 0 amide bonds. The lowest BCUT2D eigenvalue weighted by atomic mass is 10.1. The van der Waals surface area contributed by atoms with E-state index in [9.17, 15) is 9.90 Å². The van der Waals surface area contributed by atoms with Crippen molar-refractivity contribution in [1.82, 2.24) is 4.98 Å². The number of ether oxygens (including phenoxy) is 1. The number of benzene rings is 1. The second kappa shape index (κ2) is 5.73. The molecule has 5 nitrogen and oxygen atoms in total. The van der Waals surface area contributed by atoms with Gasteiger partial charge in [0, 0.05) is 17.1 Å². The number of halogens is 1. The van der Waals surface area contributed by atoms with Crippen LogP contribution in [0, 0.1) is 0 Å². The number of anilines is 1. The molecule has 1 aliphatic rings. The Balaban J connectivity index is 1.68. The Hall–Kier alpha value is -2.08. The number of carboxylic acids is 1. The molecule has 108 valence electrons. The fourth-order valence-electron chi connectivity index (χ4n) is 2.32. The first-order valence-corrected chi connectivity index (χ1v) is 7.30. The molecule has 1 atom stereocenters. The van der Waals surface area contributed by atoms with Crippen molar-refractivity contribution in [2.45, 2.75) is 12.5 Å². The number of rotatable bonds is 4. The zero-order chi connectivity index (χ0) is 14.8. The van der Waals surface area contributed by atoms with Gasteiger partial charge in [0.2, 0.25) is 0 Å². The van der Waals surface area contributed by atoms with Crippen molar-refractivity contribution < 1.29 is 14.6 Å². The van der Waals surface area contributed by atoms with Gasteiger partial charge in [-0.1, -0.05) is 18.2 Å². The summed E-state index contributed by atoms with van der Waals surface area (Å²) >= 11 is 3.22. The Morgan fingerprint density at radius 3 is 3.05 bits per heavy atom. The smallest absolute Gasteiger partial charge is 0.339 e. The molecule has 6 heteroatoms. The van der Waals surface area contributed by atoms with Crippen LogP contribution in [0.4, 0.5) is 5.82 Å². The van der Waals surface area contributed by atoms with Gasteiger partial charge in [-0.2, -0.15) is 0 Å². The minimum atomic E-state index is -1.01. The molecule has 0 aliphatic carbocycles. The molecular weight excluding hydrogens is 336 g/mol. The number of carbonyl (C=O) groups is 1. The molecule has 3 rings (SSSR count). The molecule has 1 aromatic heterocycles. The molecule has 1 aliphatic heterocycles. The van der Waals surface area contributed by atoms with Crippen LogP contribution in [0.5, 0.6) is 5.75 Å². The molecule has 0 saturated heterocycles. The van der Waals surface area contributed by atoms with Gasteiger partial charge in [-0.25, -0.2) is 9.78 Å². The number of aromatic carboxylic acids is 1. The molecule has 2 N–H and O–H groups in total. The largest absolute Gasteiger partial charge is 0.488 e. The van der Waals surface area contributed by atoms with Gasteiger partial charge in [0.1, 0.15) is 23.2 Å². The number of hydrogen-bond donors (Lipinski definition) is 2. The average molecular weight is 349 g/mol. The number of fused-ring (bicyclic) bond motifs is 1. The van der Waals surface area contributed by atoms with E-state index in [4.69, 9.17) is 4.74 Å². The number of nitrogens with zero attached hydrogens (tertiary/aromatic N) is 1. The third-order valence-electron chi connectivity index (χ3n) is 3.30. The van der Waals surface area contributed by atoms with Gasteiger partial charge in [-0.05, 0) is 33.6 Å². The van der Waals surface area contributed by atoms with Crippen LogP contribution in [0.2, 0.25) is 0 Å². The SMILES string of the molecule is O=C(O)c1cc(Br)cnc1NCC1Cc2ccccc2O1. The number of pyridine rings is 1. The third-order valence-corrected chi connectivity index (χ3v) is 3.73. The van der Waals surface area contributed by atoms with Gasteiger partial charge in [0.25, 0.3) is 0 Å². The highest BCUT2D eigenvalue weighted by Crippen LogP contribution is 2.28. The summed E-state index contributed by atoms with van der Waals surface area (Å²) in [6, 6.07) is 9.43. The molecular formula is C15H13BrN2O3. The Kier molecular flexibility index (Phi) is 3.79. The van der Waals surface area contributed by atoms with E-state index in [1.54, 1.807) is 6.20 Å². The maximum atomic E-state index is 11.2. The van der Waals surface area contributed by atoms with E-state index in [0.29, 0.717) is 16.8 Å². The molecule has 2 aromatic rings. The second-order valence-electron chi connectivity index (χ2n) is 4.79. The van der Waals surface area contributed by atoms with Crippen molar-refractivity contribution in [1.29, 1.82) is 0 Å². The fourth-order valence-corrected chi connectivity index (χ4v) is 2.65. The molecule has 1 aromatic carbocycles. The van der Waals surface area contributed by atoms with Gasteiger partial charge >= 0.3 is 5.97 Å². The lowest BCUT2D eigenvalue weighted by Gasteiger charge is -2.13. The molecule has 0 fully saturated rings. The predicted molar refractivity (Wildman–Crippen MR) is 81.9 cm³/mol. The van der Waals surface area contributed by atoms with Gasteiger partial charge < -0.3 is 15.2 Å². The first-order chi connectivity index (χ1) is 10.1. The van der Waals surface area contributed by atoms with E-state index in [1.165, 1.54) is 11.6 Å². The van der Waals surface area contributed by atoms with Crippen molar-refractivity contribution in [3.8, 4) is 5.75 Å². The van der Waals surface area contributed by atoms with Crippen LogP contribution in [0.15, 0.2) is 41.0 Å². The zero-order valence-electron chi connectivity index (χ0n) is 11.0. The highest BCUT2D eigenvalue weighted by molar-refractivity contribution is 9.10. The minimum absolute atomic E-state index is 0.0190. The highest BCUT2D eigenvalue weighted by Gasteiger charge is 2.23. The van der Waals surface area contributed by atoms with Crippen LogP contribution in [0.3, 0.4) is 0 Å². The van der Waals surface area contributed by atoms with E-state index in [0.717, 1.165) is 12.2 Å². The number of para-hydroxylation sites is 1. The summed E-state index contributed by atoms with van der Waals surface area (Å²) in [6.45, 7) is 0.504. The standard InChI is InChI=1S/C15H13BrN2O3/c16-10-6-12(15(19)20)14(17-7-10)18-8-11-5-9-3-1-2-4-13(9)21-11/h1-4,6-7,11H,5,8H2,(H,17,18)(H,19,20). The Labute approximate surface area is 130 Å². The summed E-state index contributed by atoms with van der Waals surface area (Å²) < 4.78 is 6.44. The Bertz CT molecular complexity index is 665. The first kappa shape index (κ1) is 13.9. The normalized spacial score (nSPS) is 16.1. The van der Waals surface area contributed by atoms with E-state index in [1.807, 2.05) is 24.3 Å². The quantitative estimate of drug-likeness (QED) is 0.888. The topological polar surface area (TPSA) is 71.5 Å². The molecule has 21 heavy (non-hydrogen) atoms. The number of nitrogens with one attached hydrogen (secondary N) is 1. The van der Waals surface area contributed by atoms with Crippen molar-refractivity contribution in [3.63, 3.8) is 0 Å². The van der Waals surface area contributed by atoms with E-state index < -0.39 is 5.97 Å². The number of hydrogen-bond acceptors (Lipinski definition) is 4. The zero-order valence-corrected chi connectivity index (χ0v) is 12.6. The fraction of sp³-hybridized carbons (Fsp3) is 0.200. The lowest BCUT2D eigenvalue weighted by molar-refractivity contribution is 0.0697. The van der Waals surface area contributed by atoms with Crippen LogP contribution in [-0.4, -0.2) is 28.7 Å². The molecule has 0 bridgehead atoms. The summed E-state index contributed by atoms with van der Waals surface area (Å²) in [7, 11) is 0. The molecule has 0 radical (unpaired) electrons. The number of aromatic nitrogens is 1. The Morgan fingerprint density at radius 1 is 1.48 bits per heavy atom. The molecule has 2 heterocycles. The molecule has 0 spiro atoms. The molecule has 1 unspecified atom stereocenters. The van der Waals surface area contributed by atoms with Gasteiger partial charge in [-0.3, -0.25) is 0 Å². The Morgan fingerprint density at radius 2 is 2.29 bits per heavy atom. The van der Waals surface area contributed by atoms with Gasteiger partial charge in [0.05, 0.1) is 6.54 Å². The summed E-state index contributed by atoms with van der Waals surface area (Å²) in [5, 5.41) is 12.3.